The van der Waals surface area contributed by atoms with Crippen LogP contribution in [0.4, 0.5) is 11.4 Å². The molecular formula is C35H43ClN2. The predicted molar refractivity (Wildman–Crippen MR) is 166 cm³/mol. The van der Waals surface area contributed by atoms with Gasteiger partial charge in [0.2, 0.25) is 0 Å². The lowest BCUT2D eigenvalue weighted by Crippen LogP contribution is -2.39. The minimum Gasteiger partial charge on any atom is -0.364 e. The van der Waals surface area contributed by atoms with Gasteiger partial charge in [-0.05, 0) is 81.0 Å². The quantitative estimate of drug-likeness (QED) is 0.383. The Balaban J connectivity index is 1.43. The number of nitrogens with zero attached hydrogens (tertiary/aromatic N) is 2. The Kier molecular flexibility index (Phi) is 6.93. The van der Waals surface area contributed by atoms with Gasteiger partial charge in [0.15, 0.2) is 0 Å². The minimum atomic E-state index is -0.0308. The largest absolute Gasteiger partial charge is 0.364 e. The number of allylic oxidation sites excluding steroid dienone is 7. The minimum absolute atomic E-state index is 0.0308. The molecular weight excluding hydrogens is 484 g/mol. The molecule has 0 bridgehead atoms. The second-order valence-electron chi connectivity index (χ2n) is 12.3. The number of likely N-dealkylation sites (N-methyl/N-ethyl adjacent to an activating group) is 2. The zero-order valence-electron chi connectivity index (χ0n) is 24.5. The summed E-state index contributed by atoms with van der Waals surface area (Å²) < 4.78 is 0. The number of aryl methyl sites for hydroxylation is 2. The molecule has 0 saturated heterocycles. The first-order chi connectivity index (χ1) is 18.0. The molecule has 1 aliphatic carbocycles. The predicted octanol–water partition coefficient (Wildman–Crippen LogP) is 9.26. The highest BCUT2D eigenvalue weighted by atomic mass is 35.5. The van der Waals surface area contributed by atoms with Crippen LogP contribution >= 0.6 is 11.6 Å². The summed E-state index contributed by atoms with van der Waals surface area (Å²) >= 11 is 7.02. The average molecular weight is 527 g/mol. The molecule has 0 amide bonds. The molecule has 0 radical (unpaired) electrons. The van der Waals surface area contributed by atoms with Crippen molar-refractivity contribution >= 4 is 23.0 Å². The third-order valence-electron chi connectivity index (χ3n) is 9.08. The Morgan fingerprint density at radius 1 is 0.868 bits per heavy atom. The molecule has 5 rings (SSSR count). The van der Waals surface area contributed by atoms with Crippen molar-refractivity contribution in [3.8, 4) is 0 Å². The second-order valence-corrected chi connectivity index (χ2v) is 12.7. The maximum Gasteiger partial charge on any atom is 0.0568 e. The lowest BCUT2D eigenvalue weighted by molar-refractivity contribution is 0.478. The van der Waals surface area contributed by atoms with Crippen LogP contribution in [-0.4, -0.2) is 19.1 Å². The van der Waals surface area contributed by atoms with E-state index >= 15 is 0 Å². The molecule has 200 valence electrons. The van der Waals surface area contributed by atoms with E-state index in [4.69, 9.17) is 11.6 Å². The van der Waals surface area contributed by atoms with Gasteiger partial charge in [-0.1, -0.05) is 92.9 Å². The van der Waals surface area contributed by atoms with E-state index in [2.05, 4.69) is 126 Å². The molecule has 0 fully saturated rings. The van der Waals surface area contributed by atoms with E-state index in [0.29, 0.717) is 6.04 Å². The number of rotatable bonds is 5. The van der Waals surface area contributed by atoms with E-state index in [-0.39, 0.29) is 10.8 Å². The number of anilines is 2. The highest BCUT2D eigenvalue weighted by Gasteiger charge is 2.42. The molecule has 0 aromatic heterocycles. The molecule has 2 nitrogen and oxygen atoms in total. The van der Waals surface area contributed by atoms with Crippen molar-refractivity contribution in [3.05, 3.63) is 105 Å². The summed E-state index contributed by atoms with van der Waals surface area (Å²) in [6, 6.07) is 14.1. The van der Waals surface area contributed by atoms with Gasteiger partial charge in [-0.25, -0.2) is 0 Å². The Bertz CT molecular complexity index is 1380. The third kappa shape index (κ3) is 4.26. The molecule has 3 heteroatoms. The van der Waals surface area contributed by atoms with Crippen LogP contribution in [0.25, 0.3) is 0 Å². The number of benzene rings is 2. The van der Waals surface area contributed by atoms with Crippen LogP contribution in [0.5, 0.6) is 0 Å². The summed E-state index contributed by atoms with van der Waals surface area (Å²) in [5.41, 5.74) is 12.1. The number of halogens is 1. The molecule has 38 heavy (non-hydrogen) atoms. The Hall–Kier alpha value is -2.71. The van der Waals surface area contributed by atoms with Gasteiger partial charge >= 0.3 is 0 Å². The zero-order chi connectivity index (χ0) is 27.4. The number of hydrogen-bond acceptors (Lipinski definition) is 2. The van der Waals surface area contributed by atoms with Crippen molar-refractivity contribution in [1.82, 2.24) is 0 Å². The highest BCUT2D eigenvalue weighted by molar-refractivity contribution is 6.33. The van der Waals surface area contributed by atoms with Gasteiger partial charge in [0, 0.05) is 46.0 Å². The van der Waals surface area contributed by atoms with Crippen LogP contribution in [0.15, 0.2) is 82.6 Å². The summed E-state index contributed by atoms with van der Waals surface area (Å²) in [6.07, 6.45) is 11.3. The average Bonchev–Trinajstić information content (AvgIpc) is 3.41. The molecule has 2 aromatic carbocycles. The summed E-state index contributed by atoms with van der Waals surface area (Å²) in [4.78, 5) is 5.00. The maximum atomic E-state index is 7.02. The lowest BCUT2D eigenvalue weighted by Gasteiger charge is -2.31. The lowest BCUT2D eigenvalue weighted by atomic mass is 9.79. The molecule has 2 aliphatic heterocycles. The van der Waals surface area contributed by atoms with Crippen LogP contribution in [0, 0.1) is 13.8 Å². The van der Waals surface area contributed by atoms with E-state index in [9.17, 15) is 0 Å². The summed E-state index contributed by atoms with van der Waals surface area (Å²) in [7, 11) is 0. The Labute approximate surface area is 235 Å². The fourth-order valence-corrected chi connectivity index (χ4v) is 7.17. The van der Waals surface area contributed by atoms with Gasteiger partial charge in [0.1, 0.15) is 0 Å². The van der Waals surface area contributed by atoms with Gasteiger partial charge in [-0.15, -0.1) is 0 Å². The SMILES string of the molecule is CCN1/C(=C/C=C2\CCC(/C=C/C3N(CC)c4ccc(C)cc4C3(C)C)=C2Cl)C(C)(C)c2cc(C)ccc21. The van der Waals surface area contributed by atoms with Crippen LogP contribution in [0.3, 0.4) is 0 Å². The first-order valence-electron chi connectivity index (χ1n) is 14.3. The summed E-state index contributed by atoms with van der Waals surface area (Å²) in [6.45, 7) is 20.2. The van der Waals surface area contributed by atoms with Crippen molar-refractivity contribution in [3.63, 3.8) is 0 Å². The molecule has 1 atom stereocenters. The van der Waals surface area contributed by atoms with Gasteiger partial charge in [0.05, 0.1) is 6.04 Å². The van der Waals surface area contributed by atoms with Gasteiger partial charge in [-0.2, -0.15) is 0 Å². The number of hydrogen-bond donors (Lipinski definition) is 0. The molecule has 2 heterocycles. The number of fused-ring (bicyclic) bond motifs is 2. The second kappa shape index (κ2) is 9.79. The smallest absolute Gasteiger partial charge is 0.0568 e. The van der Waals surface area contributed by atoms with Crippen molar-refractivity contribution in [2.75, 3.05) is 22.9 Å². The van der Waals surface area contributed by atoms with E-state index in [0.717, 1.165) is 31.0 Å². The fourth-order valence-electron chi connectivity index (χ4n) is 6.85. The first kappa shape index (κ1) is 26.9. The van der Waals surface area contributed by atoms with Gasteiger partial charge in [-0.3, -0.25) is 0 Å². The van der Waals surface area contributed by atoms with E-state index in [1.54, 1.807) is 0 Å². The Morgan fingerprint density at radius 2 is 1.53 bits per heavy atom. The van der Waals surface area contributed by atoms with E-state index in [1.165, 1.54) is 50.5 Å². The van der Waals surface area contributed by atoms with Crippen LogP contribution in [0.2, 0.25) is 0 Å². The van der Waals surface area contributed by atoms with Crippen molar-refractivity contribution < 1.29 is 0 Å². The summed E-state index contributed by atoms with van der Waals surface area (Å²) in [5.74, 6) is 0. The van der Waals surface area contributed by atoms with Gasteiger partial charge in [0.25, 0.3) is 0 Å². The molecule has 0 N–H and O–H groups in total. The Morgan fingerprint density at radius 3 is 2.18 bits per heavy atom. The van der Waals surface area contributed by atoms with Crippen LogP contribution in [0.1, 0.15) is 76.6 Å². The van der Waals surface area contributed by atoms with E-state index < -0.39 is 0 Å². The zero-order valence-corrected chi connectivity index (χ0v) is 25.2. The highest BCUT2D eigenvalue weighted by Crippen LogP contribution is 2.49. The normalized spacial score (nSPS) is 23.9. The van der Waals surface area contributed by atoms with Crippen molar-refractivity contribution in [2.45, 2.75) is 85.1 Å². The molecule has 0 spiro atoms. The van der Waals surface area contributed by atoms with Crippen molar-refractivity contribution in [2.24, 2.45) is 0 Å². The monoisotopic (exact) mass is 526 g/mol. The van der Waals surface area contributed by atoms with E-state index in [1.807, 2.05) is 0 Å². The maximum absolute atomic E-state index is 7.02. The third-order valence-corrected chi connectivity index (χ3v) is 9.57. The standard InChI is InChI=1S/C35H43ClN2/c1-9-37-29-17-11-23(3)21-27(29)34(5,6)31(37)19-15-25-13-14-26(33(25)36)16-20-32-35(7,8)28-22-24(4)12-18-30(28)38(32)10-2/h11-12,15-22,31H,9-10,13-14H2,1-8H3/b19-15+,26-16+,32-20+. The molecule has 1 unspecified atom stereocenters. The van der Waals surface area contributed by atoms with Crippen molar-refractivity contribution in [1.29, 1.82) is 0 Å². The molecule has 2 aromatic rings. The topological polar surface area (TPSA) is 6.48 Å². The van der Waals surface area contributed by atoms with Gasteiger partial charge < -0.3 is 9.80 Å². The molecule has 3 aliphatic rings. The van der Waals surface area contributed by atoms with Crippen LogP contribution < -0.4 is 9.80 Å². The van der Waals surface area contributed by atoms with Crippen LogP contribution in [-0.2, 0) is 10.8 Å². The molecule has 0 saturated carbocycles. The first-order valence-corrected chi connectivity index (χ1v) is 14.6. The fraction of sp³-hybridized carbons (Fsp3) is 0.429. The summed E-state index contributed by atoms with van der Waals surface area (Å²) in [5, 5.41) is 0.928.